The quantitative estimate of drug-likeness (QED) is 0.452. The SMILES string of the molecule is Cc1cccc(NC(=O)/C(C#N)=C\c2cc(C)n(-c3sc(C)c(C)c3C#N)c2C)c1. The molecule has 0 radical (unpaired) electrons. The highest BCUT2D eigenvalue weighted by Gasteiger charge is 2.19. The van der Waals surface area contributed by atoms with Crippen LogP contribution < -0.4 is 5.32 Å². The molecule has 2 heterocycles. The van der Waals surface area contributed by atoms with Crippen molar-refractivity contribution in [2.75, 3.05) is 5.32 Å². The van der Waals surface area contributed by atoms with Gasteiger partial charge in [0.15, 0.2) is 0 Å². The lowest BCUT2D eigenvalue weighted by molar-refractivity contribution is -0.112. The normalized spacial score (nSPS) is 11.1. The van der Waals surface area contributed by atoms with Crippen LogP contribution in [0, 0.1) is 57.3 Å². The summed E-state index contributed by atoms with van der Waals surface area (Å²) >= 11 is 1.57. The lowest BCUT2D eigenvalue weighted by Gasteiger charge is -2.08. The van der Waals surface area contributed by atoms with Crippen molar-refractivity contribution < 1.29 is 4.79 Å². The number of amides is 1. The Morgan fingerprint density at radius 1 is 1.13 bits per heavy atom. The molecule has 1 amide bonds. The van der Waals surface area contributed by atoms with Gasteiger partial charge in [0.05, 0.1) is 5.56 Å². The minimum absolute atomic E-state index is 0.0239. The number of hydrogen-bond donors (Lipinski definition) is 1. The summed E-state index contributed by atoms with van der Waals surface area (Å²) in [4.78, 5) is 13.7. The second-order valence-electron chi connectivity index (χ2n) is 7.23. The third kappa shape index (κ3) is 3.91. The van der Waals surface area contributed by atoms with Gasteiger partial charge >= 0.3 is 0 Å². The predicted molar refractivity (Wildman–Crippen MR) is 121 cm³/mol. The van der Waals surface area contributed by atoms with Gasteiger partial charge in [0.1, 0.15) is 22.7 Å². The minimum Gasteiger partial charge on any atom is -0.321 e. The molecule has 0 unspecified atom stereocenters. The van der Waals surface area contributed by atoms with Gasteiger partial charge in [-0.25, -0.2) is 0 Å². The first-order chi connectivity index (χ1) is 14.3. The first-order valence-electron chi connectivity index (χ1n) is 9.46. The molecule has 1 N–H and O–H groups in total. The third-order valence-corrected chi connectivity index (χ3v) is 6.29. The third-order valence-electron chi connectivity index (χ3n) is 5.09. The van der Waals surface area contributed by atoms with Gasteiger partial charge in [-0.15, -0.1) is 11.3 Å². The van der Waals surface area contributed by atoms with Crippen LogP contribution in [0.1, 0.15) is 38.5 Å². The van der Waals surface area contributed by atoms with Gasteiger partial charge in [-0.1, -0.05) is 12.1 Å². The fourth-order valence-electron chi connectivity index (χ4n) is 3.37. The highest BCUT2D eigenvalue weighted by molar-refractivity contribution is 7.14. The Bertz CT molecular complexity index is 1260. The number of nitrogens with zero attached hydrogens (tertiary/aromatic N) is 3. The highest BCUT2D eigenvalue weighted by Crippen LogP contribution is 2.34. The summed E-state index contributed by atoms with van der Waals surface area (Å²) in [5.74, 6) is -0.451. The van der Waals surface area contributed by atoms with E-state index in [1.165, 1.54) is 0 Å². The van der Waals surface area contributed by atoms with E-state index in [1.807, 2.05) is 69.5 Å². The van der Waals surface area contributed by atoms with E-state index in [0.29, 0.717) is 11.3 Å². The van der Waals surface area contributed by atoms with Gasteiger partial charge in [-0.05, 0) is 75.6 Å². The molecule has 0 aliphatic rings. The zero-order valence-electron chi connectivity index (χ0n) is 17.6. The van der Waals surface area contributed by atoms with Crippen molar-refractivity contribution in [2.45, 2.75) is 34.6 Å². The molecule has 3 aromatic rings. The summed E-state index contributed by atoms with van der Waals surface area (Å²) in [6.45, 7) is 9.77. The number of nitrogens with one attached hydrogen (secondary N) is 1. The molecular formula is C24H22N4OS. The van der Waals surface area contributed by atoms with Gasteiger partial charge in [-0.3, -0.25) is 4.79 Å². The lowest BCUT2D eigenvalue weighted by Crippen LogP contribution is -2.13. The number of hydrogen-bond acceptors (Lipinski definition) is 4. The largest absolute Gasteiger partial charge is 0.321 e. The van der Waals surface area contributed by atoms with Crippen LogP contribution in [0.25, 0.3) is 11.1 Å². The van der Waals surface area contributed by atoms with Crippen molar-refractivity contribution in [3.05, 3.63) is 74.4 Å². The van der Waals surface area contributed by atoms with Crippen LogP contribution in [0.4, 0.5) is 5.69 Å². The van der Waals surface area contributed by atoms with Crippen molar-refractivity contribution in [1.82, 2.24) is 4.57 Å². The van der Waals surface area contributed by atoms with Gasteiger partial charge in [0.25, 0.3) is 5.91 Å². The van der Waals surface area contributed by atoms with E-state index in [2.05, 4.69) is 11.4 Å². The molecule has 0 aliphatic heterocycles. The van der Waals surface area contributed by atoms with E-state index in [9.17, 15) is 15.3 Å². The molecule has 30 heavy (non-hydrogen) atoms. The van der Waals surface area contributed by atoms with Crippen molar-refractivity contribution >= 4 is 29.0 Å². The summed E-state index contributed by atoms with van der Waals surface area (Å²) in [5, 5.41) is 22.8. The Morgan fingerprint density at radius 2 is 1.87 bits per heavy atom. The number of thiophene rings is 1. The monoisotopic (exact) mass is 414 g/mol. The van der Waals surface area contributed by atoms with Crippen molar-refractivity contribution in [1.29, 1.82) is 10.5 Å². The van der Waals surface area contributed by atoms with Crippen LogP contribution in [0.5, 0.6) is 0 Å². The molecule has 0 saturated carbocycles. The van der Waals surface area contributed by atoms with Gasteiger partial charge in [0.2, 0.25) is 0 Å². The predicted octanol–water partition coefficient (Wildman–Crippen LogP) is 5.50. The van der Waals surface area contributed by atoms with Crippen LogP contribution in [-0.4, -0.2) is 10.5 Å². The standard InChI is InChI=1S/C24H22N4OS/c1-14-7-6-8-21(9-14)27-23(29)20(12-25)11-19-10-15(2)28(17(19)4)24-22(13-26)16(3)18(5)30-24/h6-11H,1-5H3,(H,27,29)/b20-11-. The van der Waals surface area contributed by atoms with Crippen molar-refractivity contribution in [3.8, 4) is 17.1 Å². The molecular weight excluding hydrogens is 392 g/mol. The zero-order chi connectivity index (χ0) is 22.0. The topological polar surface area (TPSA) is 81.6 Å². The Kier molecular flexibility index (Phi) is 5.91. The van der Waals surface area contributed by atoms with E-state index < -0.39 is 5.91 Å². The average molecular weight is 415 g/mol. The van der Waals surface area contributed by atoms with E-state index in [0.717, 1.165) is 38.0 Å². The smallest absolute Gasteiger partial charge is 0.266 e. The fourth-order valence-corrected chi connectivity index (χ4v) is 4.59. The van der Waals surface area contributed by atoms with Crippen LogP contribution in [0.15, 0.2) is 35.9 Å². The van der Waals surface area contributed by atoms with Crippen molar-refractivity contribution in [3.63, 3.8) is 0 Å². The maximum atomic E-state index is 12.6. The number of aryl methyl sites for hydroxylation is 3. The van der Waals surface area contributed by atoms with Gasteiger partial charge in [0, 0.05) is 22.0 Å². The Labute approximate surface area is 180 Å². The van der Waals surface area contributed by atoms with Crippen LogP contribution in [0.3, 0.4) is 0 Å². The second-order valence-corrected chi connectivity index (χ2v) is 8.43. The number of nitriles is 2. The number of anilines is 1. The second kappa shape index (κ2) is 8.41. The van der Waals surface area contributed by atoms with Crippen LogP contribution in [-0.2, 0) is 4.79 Å². The van der Waals surface area contributed by atoms with Crippen LogP contribution >= 0.6 is 11.3 Å². The zero-order valence-corrected chi connectivity index (χ0v) is 18.4. The summed E-state index contributed by atoms with van der Waals surface area (Å²) in [6.07, 6.45) is 1.60. The maximum Gasteiger partial charge on any atom is 0.266 e. The molecule has 1 aromatic carbocycles. The van der Waals surface area contributed by atoms with Gasteiger partial charge in [-0.2, -0.15) is 10.5 Å². The average Bonchev–Trinajstić information content (AvgIpc) is 3.13. The van der Waals surface area contributed by atoms with Gasteiger partial charge < -0.3 is 9.88 Å². The molecule has 150 valence electrons. The summed E-state index contributed by atoms with van der Waals surface area (Å²) in [6, 6.07) is 13.7. The fraction of sp³-hybridized carbons (Fsp3) is 0.208. The molecule has 0 atom stereocenters. The van der Waals surface area contributed by atoms with Crippen LogP contribution in [0.2, 0.25) is 0 Å². The maximum absolute atomic E-state index is 12.6. The molecule has 5 nitrogen and oxygen atoms in total. The molecule has 0 fully saturated rings. The Hall–Kier alpha value is -3.61. The number of carbonyl (C=O) groups is 1. The number of aromatic nitrogens is 1. The molecule has 0 saturated heterocycles. The lowest BCUT2D eigenvalue weighted by atomic mass is 10.1. The summed E-state index contributed by atoms with van der Waals surface area (Å²) < 4.78 is 2.02. The first kappa shape index (κ1) is 21.1. The summed E-state index contributed by atoms with van der Waals surface area (Å²) in [7, 11) is 0. The number of benzene rings is 1. The molecule has 0 aliphatic carbocycles. The Morgan fingerprint density at radius 3 is 2.50 bits per heavy atom. The molecule has 3 rings (SSSR count). The van der Waals surface area contributed by atoms with E-state index >= 15 is 0 Å². The molecule has 6 heteroatoms. The summed E-state index contributed by atoms with van der Waals surface area (Å²) in [5.41, 5.74) is 5.93. The van der Waals surface area contributed by atoms with E-state index in [-0.39, 0.29) is 5.57 Å². The van der Waals surface area contributed by atoms with E-state index in [1.54, 1.807) is 23.5 Å². The minimum atomic E-state index is -0.451. The number of carbonyl (C=O) groups excluding carboxylic acids is 1. The highest BCUT2D eigenvalue weighted by atomic mass is 32.1. The number of rotatable bonds is 4. The molecule has 0 spiro atoms. The first-order valence-corrected chi connectivity index (χ1v) is 10.3. The van der Waals surface area contributed by atoms with Crippen molar-refractivity contribution in [2.24, 2.45) is 0 Å². The molecule has 0 bridgehead atoms. The Balaban J connectivity index is 2.00. The van der Waals surface area contributed by atoms with E-state index in [4.69, 9.17) is 0 Å². The molecule has 2 aromatic heterocycles.